The zero-order valence-electron chi connectivity index (χ0n) is 17.1. The minimum Gasteiger partial charge on any atom is -0.379 e. The molecular weight excluding hydrogens is 442 g/mol. The number of alkyl halides is 2. The number of aromatic nitrogens is 5. The second-order valence-electron chi connectivity index (χ2n) is 8.18. The van der Waals surface area contributed by atoms with E-state index in [2.05, 4.69) is 20.1 Å². The molecule has 0 bridgehead atoms. The summed E-state index contributed by atoms with van der Waals surface area (Å²) in [6.07, 6.45) is 1.96. The molecular formula is C20H22F2N6O3S. The van der Waals surface area contributed by atoms with Gasteiger partial charge in [-0.15, -0.1) is 0 Å². The number of sulfone groups is 1. The SMILES string of the molecule is O=S(=O)(C[C@H]1CCCN(c2cc(-c3cnc4ccc(C(F)F)nn34)ncn2)C1)C1COC1. The fourth-order valence-corrected chi connectivity index (χ4v) is 5.94. The first kappa shape index (κ1) is 21.1. The van der Waals surface area contributed by atoms with Crippen LogP contribution in [0.15, 0.2) is 30.7 Å². The van der Waals surface area contributed by atoms with Crippen molar-refractivity contribution in [3.8, 4) is 11.4 Å². The Kier molecular flexibility index (Phi) is 5.49. The van der Waals surface area contributed by atoms with Crippen LogP contribution in [0.25, 0.3) is 17.0 Å². The van der Waals surface area contributed by atoms with Gasteiger partial charge in [-0.3, -0.25) is 0 Å². The van der Waals surface area contributed by atoms with Gasteiger partial charge in [0, 0.05) is 19.2 Å². The molecule has 2 aliphatic heterocycles. The number of nitrogens with zero attached hydrogens (tertiary/aromatic N) is 6. The van der Waals surface area contributed by atoms with Gasteiger partial charge in [0.25, 0.3) is 6.43 Å². The molecule has 0 aliphatic carbocycles. The molecule has 5 heterocycles. The average molecular weight is 464 g/mol. The Labute approximate surface area is 183 Å². The first-order chi connectivity index (χ1) is 15.4. The normalized spacial score (nSPS) is 20.1. The van der Waals surface area contributed by atoms with Crippen LogP contribution in [0.3, 0.4) is 0 Å². The molecule has 0 N–H and O–H groups in total. The molecule has 12 heteroatoms. The lowest BCUT2D eigenvalue weighted by atomic mass is 10.00. The Bertz CT molecular complexity index is 1230. The molecule has 2 fully saturated rings. The predicted molar refractivity (Wildman–Crippen MR) is 112 cm³/mol. The van der Waals surface area contributed by atoms with Gasteiger partial charge >= 0.3 is 0 Å². The number of hydrogen-bond donors (Lipinski definition) is 0. The van der Waals surface area contributed by atoms with Crippen LogP contribution in [0.2, 0.25) is 0 Å². The molecule has 0 spiro atoms. The van der Waals surface area contributed by atoms with Gasteiger partial charge in [0.15, 0.2) is 15.5 Å². The van der Waals surface area contributed by atoms with Gasteiger partial charge in [-0.05, 0) is 30.9 Å². The van der Waals surface area contributed by atoms with Gasteiger partial charge in [-0.25, -0.2) is 36.7 Å². The number of anilines is 1. The van der Waals surface area contributed by atoms with E-state index in [0.29, 0.717) is 29.4 Å². The van der Waals surface area contributed by atoms with E-state index in [1.165, 1.54) is 29.2 Å². The molecule has 2 aliphatic rings. The summed E-state index contributed by atoms with van der Waals surface area (Å²) in [7, 11) is -3.17. The maximum Gasteiger partial charge on any atom is 0.282 e. The number of fused-ring (bicyclic) bond motifs is 1. The van der Waals surface area contributed by atoms with Gasteiger partial charge in [0.1, 0.15) is 28.8 Å². The molecule has 3 aromatic rings. The molecule has 0 unspecified atom stereocenters. The van der Waals surface area contributed by atoms with Crippen molar-refractivity contribution in [3.05, 3.63) is 36.4 Å². The first-order valence-corrected chi connectivity index (χ1v) is 12.1. The quantitative estimate of drug-likeness (QED) is 0.547. The summed E-state index contributed by atoms with van der Waals surface area (Å²) in [4.78, 5) is 14.9. The molecule has 1 atom stereocenters. The Hall–Kier alpha value is -2.73. The summed E-state index contributed by atoms with van der Waals surface area (Å²) < 4.78 is 57.7. The van der Waals surface area contributed by atoms with Crippen LogP contribution in [0.1, 0.15) is 25.0 Å². The third-order valence-electron chi connectivity index (χ3n) is 5.95. The third-order valence-corrected chi connectivity index (χ3v) is 8.17. The van der Waals surface area contributed by atoms with Gasteiger partial charge < -0.3 is 9.64 Å². The van der Waals surface area contributed by atoms with Crippen LogP contribution in [0.4, 0.5) is 14.6 Å². The molecule has 5 rings (SSSR count). The average Bonchev–Trinajstić information content (AvgIpc) is 3.15. The van der Waals surface area contributed by atoms with Crippen LogP contribution < -0.4 is 4.90 Å². The highest BCUT2D eigenvalue weighted by Gasteiger charge is 2.35. The number of rotatable bonds is 6. The first-order valence-electron chi connectivity index (χ1n) is 10.4. The van der Waals surface area contributed by atoms with E-state index in [1.807, 2.05) is 4.90 Å². The van der Waals surface area contributed by atoms with Crippen LogP contribution in [0, 0.1) is 5.92 Å². The predicted octanol–water partition coefficient (Wildman–Crippen LogP) is 2.15. The molecule has 0 saturated carbocycles. The van der Waals surface area contributed by atoms with E-state index in [0.717, 1.165) is 19.4 Å². The highest BCUT2D eigenvalue weighted by Crippen LogP contribution is 2.28. The summed E-state index contributed by atoms with van der Waals surface area (Å²) in [6, 6.07) is 4.50. The van der Waals surface area contributed by atoms with E-state index in [1.54, 1.807) is 6.07 Å². The fourth-order valence-electron chi connectivity index (χ4n) is 4.13. The van der Waals surface area contributed by atoms with Crippen molar-refractivity contribution in [2.45, 2.75) is 24.5 Å². The maximum atomic E-state index is 13.1. The molecule has 0 aromatic carbocycles. The molecule has 3 aromatic heterocycles. The summed E-state index contributed by atoms with van der Waals surface area (Å²) in [6.45, 7) is 1.90. The molecule has 0 radical (unpaired) electrons. The van der Waals surface area contributed by atoms with Crippen LogP contribution in [0.5, 0.6) is 0 Å². The Balaban J connectivity index is 1.38. The smallest absolute Gasteiger partial charge is 0.282 e. The van der Waals surface area contributed by atoms with Gasteiger partial charge in [-0.2, -0.15) is 5.10 Å². The zero-order chi connectivity index (χ0) is 22.3. The lowest BCUT2D eigenvalue weighted by Crippen LogP contribution is -2.45. The summed E-state index contributed by atoms with van der Waals surface area (Å²) >= 11 is 0. The fraction of sp³-hybridized carbons (Fsp3) is 0.500. The van der Waals surface area contributed by atoms with Gasteiger partial charge in [-0.1, -0.05) is 0 Å². The molecule has 2 saturated heterocycles. The zero-order valence-corrected chi connectivity index (χ0v) is 18.0. The van der Waals surface area contributed by atoms with Crippen molar-refractivity contribution in [2.24, 2.45) is 5.92 Å². The molecule has 170 valence electrons. The summed E-state index contributed by atoms with van der Waals surface area (Å²) in [5.74, 6) is 0.811. The Morgan fingerprint density at radius 1 is 1.19 bits per heavy atom. The number of ether oxygens (including phenoxy) is 1. The lowest BCUT2D eigenvalue weighted by Gasteiger charge is -2.35. The highest BCUT2D eigenvalue weighted by molar-refractivity contribution is 7.92. The second-order valence-corrected chi connectivity index (χ2v) is 10.5. The largest absolute Gasteiger partial charge is 0.379 e. The number of halogens is 2. The van der Waals surface area contributed by atoms with Crippen molar-refractivity contribution >= 4 is 21.3 Å². The van der Waals surface area contributed by atoms with E-state index < -0.39 is 16.3 Å². The van der Waals surface area contributed by atoms with Gasteiger partial charge in [0.2, 0.25) is 0 Å². The minimum absolute atomic E-state index is 0.0128. The summed E-state index contributed by atoms with van der Waals surface area (Å²) in [5, 5.41) is 3.60. The minimum atomic E-state index is -3.17. The third kappa shape index (κ3) is 4.04. The van der Waals surface area contributed by atoms with Crippen molar-refractivity contribution in [3.63, 3.8) is 0 Å². The van der Waals surface area contributed by atoms with Crippen LogP contribution in [-0.4, -0.2) is 70.3 Å². The topological polar surface area (TPSA) is 103 Å². The van der Waals surface area contributed by atoms with E-state index in [9.17, 15) is 17.2 Å². The monoisotopic (exact) mass is 464 g/mol. The molecule has 32 heavy (non-hydrogen) atoms. The van der Waals surface area contributed by atoms with E-state index >= 15 is 0 Å². The highest BCUT2D eigenvalue weighted by atomic mass is 32.2. The van der Waals surface area contributed by atoms with E-state index in [-0.39, 0.29) is 35.8 Å². The van der Waals surface area contributed by atoms with Crippen LogP contribution >= 0.6 is 0 Å². The Morgan fingerprint density at radius 2 is 2.03 bits per heavy atom. The standard InChI is InChI=1S/C20H22F2N6O3S/c21-20(22)15-3-4-18-23-7-17(28(18)26-15)16-6-19(25-12-24-16)27-5-1-2-13(8-27)11-32(29,30)14-9-31-10-14/h3-4,6-7,12-14,20H,1-2,5,8-11H2/t13-/m0/s1. The van der Waals surface area contributed by atoms with Crippen molar-refractivity contribution in [2.75, 3.05) is 37.0 Å². The number of piperidine rings is 1. The number of hydrogen-bond acceptors (Lipinski definition) is 8. The van der Waals surface area contributed by atoms with Crippen molar-refractivity contribution in [1.82, 2.24) is 24.6 Å². The van der Waals surface area contributed by atoms with Crippen molar-refractivity contribution < 1.29 is 21.9 Å². The summed E-state index contributed by atoms with van der Waals surface area (Å²) in [5.41, 5.74) is 1.07. The van der Waals surface area contributed by atoms with Crippen LogP contribution in [-0.2, 0) is 14.6 Å². The Morgan fingerprint density at radius 3 is 2.78 bits per heavy atom. The number of imidazole rings is 1. The van der Waals surface area contributed by atoms with Crippen molar-refractivity contribution in [1.29, 1.82) is 0 Å². The van der Waals surface area contributed by atoms with Gasteiger partial charge in [0.05, 0.1) is 30.9 Å². The molecule has 9 nitrogen and oxygen atoms in total. The second kappa shape index (κ2) is 8.32. The maximum absolute atomic E-state index is 13.1. The lowest BCUT2D eigenvalue weighted by molar-refractivity contribution is 0.0414. The van der Waals surface area contributed by atoms with E-state index in [4.69, 9.17) is 4.74 Å². The molecule has 0 amide bonds.